The zero-order chi connectivity index (χ0) is 18.8. The average molecular weight is 385 g/mol. The second kappa shape index (κ2) is 7.68. The molecule has 142 valence electrons. The summed E-state index contributed by atoms with van der Waals surface area (Å²) in [5.41, 5.74) is 1.55. The number of fused-ring (bicyclic) bond motifs is 1. The molecule has 7 heteroatoms. The van der Waals surface area contributed by atoms with Gasteiger partial charge in [-0.15, -0.1) is 0 Å². The summed E-state index contributed by atoms with van der Waals surface area (Å²) >= 11 is 0. The molecule has 1 aromatic heterocycles. The normalized spacial score (nSPS) is 17.8. The summed E-state index contributed by atoms with van der Waals surface area (Å²) in [4.78, 5) is 22.0. The molecule has 0 aliphatic carbocycles. The Labute approximate surface area is 161 Å². The highest BCUT2D eigenvalue weighted by Gasteiger charge is 2.25. The lowest BCUT2D eigenvalue weighted by Crippen LogP contribution is -2.36. The first-order chi connectivity index (χ1) is 13.1. The maximum absolute atomic E-state index is 12.7. The number of piperidine rings is 1. The molecule has 2 aliphatic rings. The van der Waals surface area contributed by atoms with Gasteiger partial charge in [0.15, 0.2) is 11.6 Å². The number of aromatic nitrogens is 1. The Bertz CT molecular complexity index is 863. The summed E-state index contributed by atoms with van der Waals surface area (Å²) in [6.45, 7) is 2.83. The van der Waals surface area contributed by atoms with E-state index < -0.39 is 10.8 Å². The van der Waals surface area contributed by atoms with Crippen molar-refractivity contribution >= 4 is 28.2 Å². The van der Waals surface area contributed by atoms with Gasteiger partial charge in [0.05, 0.1) is 12.1 Å². The van der Waals surface area contributed by atoms with Crippen LogP contribution in [0.5, 0.6) is 5.75 Å². The number of ether oxygens (including phenoxy) is 1. The van der Waals surface area contributed by atoms with Crippen LogP contribution in [0.4, 0.5) is 11.5 Å². The second-order valence-corrected chi connectivity index (χ2v) is 8.23. The van der Waals surface area contributed by atoms with Gasteiger partial charge >= 0.3 is 0 Å². The van der Waals surface area contributed by atoms with Crippen molar-refractivity contribution in [3.63, 3.8) is 0 Å². The number of pyridine rings is 1. The summed E-state index contributed by atoms with van der Waals surface area (Å²) in [7, 11) is -0.999. The smallest absolute Gasteiger partial charge is 0.255 e. The lowest BCUT2D eigenvalue weighted by Gasteiger charge is -2.31. The van der Waals surface area contributed by atoms with Gasteiger partial charge < -0.3 is 14.5 Å². The van der Waals surface area contributed by atoms with Crippen molar-refractivity contribution in [2.24, 2.45) is 0 Å². The second-order valence-electron chi connectivity index (χ2n) is 6.85. The average Bonchev–Trinajstić information content (AvgIpc) is 2.73. The Morgan fingerprint density at radius 1 is 1.11 bits per heavy atom. The number of amides is 1. The summed E-state index contributed by atoms with van der Waals surface area (Å²) in [6.07, 6.45) is 6.63. The highest BCUT2D eigenvalue weighted by molar-refractivity contribution is 7.84. The molecule has 0 radical (unpaired) electrons. The molecular weight excluding hydrogens is 362 g/mol. The third-order valence-corrected chi connectivity index (χ3v) is 5.97. The van der Waals surface area contributed by atoms with E-state index in [4.69, 9.17) is 4.74 Å². The maximum Gasteiger partial charge on any atom is 0.255 e. The number of benzene rings is 1. The van der Waals surface area contributed by atoms with Crippen LogP contribution in [-0.4, -0.2) is 52.5 Å². The summed E-state index contributed by atoms with van der Waals surface area (Å²) in [6, 6.07) is 9.44. The van der Waals surface area contributed by atoms with Crippen molar-refractivity contribution in [3.8, 4) is 5.75 Å². The standard InChI is InChI=1S/C20H23N3O3S/c1-27(25)17-7-5-16(6-8-17)23-11-12-26-18-13-15(14-21-19(18)23)20(24)22-9-3-2-4-10-22/h5-8,13-14H,2-4,9-12H2,1H3. The molecule has 1 unspecified atom stereocenters. The lowest BCUT2D eigenvalue weighted by atomic mass is 10.1. The Hall–Kier alpha value is -2.41. The third-order valence-electron chi connectivity index (χ3n) is 5.03. The minimum Gasteiger partial charge on any atom is -0.488 e. The Morgan fingerprint density at radius 2 is 1.85 bits per heavy atom. The molecule has 27 heavy (non-hydrogen) atoms. The number of carbonyl (C=O) groups excluding carboxylic acids is 1. The minimum atomic E-state index is -0.999. The number of rotatable bonds is 3. The van der Waals surface area contributed by atoms with Crippen LogP contribution in [0.3, 0.4) is 0 Å². The molecular formula is C20H23N3O3S. The first-order valence-electron chi connectivity index (χ1n) is 9.26. The monoisotopic (exact) mass is 385 g/mol. The fourth-order valence-corrected chi connectivity index (χ4v) is 4.08. The van der Waals surface area contributed by atoms with Gasteiger partial charge in [-0.05, 0) is 49.6 Å². The predicted molar refractivity (Wildman–Crippen MR) is 105 cm³/mol. The SMILES string of the molecule is CS(=O)c1ccc(N2CCOc3cc(C(=O)N4CCCCC4)cnc32)cc1. The third kappa shape index (κ3) is 3.69. The Balaban J connectivity index is 1.59. The van der Waals surface area contributed by atoms with Crippen LogP contribution in [0.2, 0.25) is 0 Å². The molecule has 2 aromatic rings. The van der Waals surface area contributed by atoms with Crippen LogP contribution >= 0.6 is 0 Å². The molecule has 0 N–H and O–H groups in total. The van der Waals surface area contributed by atoms with E-state index in [-0.39, 0.29) is 5.91 Å². The molecule has 4 rings (SSSR count). The highest BCUT2D eigenvalue weighted by atomic mass is 32.2. The highest BCUT2D eigenvalue weighted by Crippen LogP contribution is 2.35. The summed E-state index contributed by atoms with van der Waals surface area (Å²) in [5, 5.41) is 0. The molecule has 1 aromatic carbocycles. The topological polar surface area (TPSA) is 62.7 Å². The van der Waals surface area contributed by atoms with Crippen LogP contribution < -0.4 is 9.64 Å². The van der Waals surface area contributed by atoms with Gasteiger partial charge in [-0.25, -0.2) is 4.98 Å². The van der Waals surface area contributed by atoms with E-state index in [1.54, 1.807) is 18.5 Å². The fourth-order valence-electron chi connectivity index (χ4n) is 3.56. The van der Waals surface area contributed by atoms with E-state index in [1.165, 1.54) is 6.42 Å². The lowest BCUT2D eigenvalue weighted by molar-refractivity contribution is 0.0723. The summed E-state index contributed by atoms with van der Waals surface area (Å²) in [5.74, 6) is 1.37. The molecule has 1 saturated heterocycles. The van der Waals surface area contributed by atoms with E-state index >= 15 is 0 Å². The van der Waals surface area contributed by atoms with Gasteiger partial charge in [-0.1, -0.05) is 0 Å². The number of anilines is 2. The predicted octanol–water partition coefficient (Wildman–Crippen LogP) is 2.98. The first-order valence-corrected chi connectivity index (χ1v) is 10.8. The van der Waals surface area contributed by atoms with E-state index in [0.29, 0.717) is 30.3 Å². The largest absolute Gasteiger partial charge is 0.488 e. The van der Waals surface area contributed by atoms with Crippen LogP contribution in [0.1, 0.15) is 29.6 Å². The molecule has 1 atom stereocenters. The van der Waals surface area contributed by atoms with Gasteiger partial charge in [0, 0.05) is 46.9 Å². The number of hydrogen-bond donors (Lipinski definition) is 0. The number of likely N-dealkylation sites (tertiary alicyclic amines) is 1. The van der Waals surface area contributed by atoms with Crippen molar-refractivity contribution < 1.29 is 13.7 Å². The molecule has 3 heterocycles. The van der Waals surface area contributed by atoms with Crippen molar-refractivity contribution in [2.75, 3.05) is 37.4 Å². The van der Waals surface area contributed by atoms with Crippen LogP contribution in [0.25, 0.3) is 0 Å². The Morgan fingerprint density at radius 3 is 2.56 bits per heavy atom. The van der Waals surface area contributed by atoms with E-state index in [9.17, 15) is 9.00 Å². The van der Waals surface area contributed by atoms with E-state index in [2.05, 4.69) is 9.88 Å². The van der Waals surface area contributed by atoms with Gasteiger partial charge in [0.2, 0.25) is 0 Å². The van der Waals surface area contributed by atoms with Crippen molar-refractivity contribution in [3.05, 3.63) is 42.1 Å². The van der Waals surface area contributed by atoms with Gasteiger partial charge in [-0.3, -0.25) is 9.00 Å². The van der Waals surface area contributed by atoms with Crippen LogP contribution in [0.15, 0.2) is 41.4 Å². The van der Waals surface area contributed by atoms with E-state index in [1.807, 2.05) is 29.2 Å². The molecule has 6 nitrogen and oxygen atoms in total. The van der Waals surface area contributed by atoms with Gasteiger partial charge in [0.1, 0.15) is 6.61 Å². The molecule has 0 spiro atoms. The minimum absolute atomic E-state index is 0.0282. The van der Waals surface area contributed by atoms with Crippen molar-refractivity contribution in [1.82, 2.24) is 9.88 Å². The molecule has 1 amide bonds. The Kier molecular flexibility index (Phi) is 5.11. The zero-order valence-corrected chi connectivity index (χ0v) is 16.2. The number of hydrogen-bond acceptors (Lipinski definition) is 5. The molecule has 2 aliphatic heterocycles. The maximum atomic E-state index is 12.7. The molecule has 0 saturated carbocycles. The first kappa shape index (κ1) is 18.0. The van der Waals surface area contributed by atoms with Gasteiger partial charge in [0.25, 0.3) is 5.91 Å². The van der Waals surface area contributed by atoms with Crippen molar-refractivity contribution in [2.45, 2.75) is 24.2 Å². The van der Waals surface area contributed by atoms with Crippen LogP contribution in [0, 0.1) is 0 Å². The summed E-state index contributed by atoms with van der Waals surface area (Å²) < 4.78 is 17.4. The number of nitrogens with zero attached hydrogens (tertiary/aromatic N) is 3. The molecule has 1 fully saturated rings. The van der Waals surface area contributed by atoms with E-state index in [0.717, 1.165) is 36.5 Å². The molecule has 0 bridgehead atoms. The zero-order valence-electron chi connectivity index (χ0n) is 15.4. The van der Waals surface area contributed by atoms with Gasteiger partial charge in [-0.2, -0.15) is 0 Å². The van der Waals surface area contributed by atoms with Crippen molar-refractivity contribution in [1.29, 1.82) is 0 Å². The van der Waals surface area contributed by atoms with Crippen LogP contribution in [-0.2, 0) is 10.8 Å². The quantitative estimate of drug-likeness (QED) is 0.813. The fraction of sp³-hybridized carbons (Fsp3) is 0.400. The number of carbonyl (C=O) groups is 1.